The Morgan fingerprint density at radius 1 is 0.707 bits per heavy atom. The lowest BCUT2D eigenvalue weighted by atomic mass is 9.89. The SMILES string of the molecule is CO/N=C(\C(=O)C[C@@H]1C(=O)N2C(C(=O)O)=C(C=Cc3ccc(CCl)cc3[N+](=O)[O-])CS[C@H]12)c1csc(N)n1.CO/N=C(\C(=O)C[C@@H]1C(=O)N2C(C(=O)O)=C(C=Cc3ccc(C[n+]4ccc(OC)c(OC)c4)cc3)CS[C@H]12)c1csc(N)n1.COc1ccncc1OC. The second-order valence-electron chi connectivity index (χ2n) is 19.7. The minimum Gasteiger partial charge on any atom is -0.493 e. The maximum atomic E-state index is 13.2. The third-order valence-corrected chi connectivity index (χ3v) is 18.5. The lowest BCUT2D eigenvalue weighted by Gasteiger charge is -2.49. The van der Waals surface area contributed by atoms with Gasteiger partial charge in [-0.3, -0.25) is 44.1 Å². The molecule has 8 heterocycles. The zero-order valence-corrected chi connectivity index (χ0v) is 53.8. The number of carbonyl (C=O) groups is 6. The molecule has 2 aromatic carbocycles. The van der Waals surface area contributed by atoms with Gasteiger partial charge in [0.2, 0.25) is 23.8 Å². The third kappa shape index (κ3) is 15.7. The summed E-state index contributed by atoms with van der Waals surface area (Å²) in [5.41, 5.74) is 14.9. The summed E-state index contributed by atoms with van der Waals surface area (Å²) in [6.45, 7) is 0.619. The van der Waals surface area contributed by atoms with Gasteiger partial charge < -0.3 is 50.3 Å². The van der Waals surface area contributed by atoms with E-state index in [-0.39, 0.29) is 80.2 Å². The fourth-order valence-corrected chi connectivity index (χ4v) is 13.8. The number of carbonyl (C=O) groups excluding carboxylic acids is 4. The molecule has 6 aromatic rings. The molecule has 4 aromatic heterocycles. The molecule has 480 valence electrons. The molecule has 2 amide bonds. The zero-order valence-electron chi connectivity index (χ0n) is 49.8. The summed E-state index contributed by atoms with van der Waals surface area (Å²) >= 11 is 10.8. The number of nitrogen functional groups attached to an aromatic ring is 2. The van der Waals surface area contributed by atoms with E-state index in [4.69, 9.17) is 51.7 Å². The second kappa shape index (κ2) is 31.4. The first-order valence-corrected chi connectivity index (χ1v) is 31.6. The molecule has 4 aliphatic heterocycles. The van der Waals surface area contributed by atoms with Crippen molar-refractivity contribution in [2.24, 2.45) is 22.1 Å². The lowest BCUT2D eigenvalue weighted by Crippen LogP contribution is -2.62. The first-order valence-electron chi connectivity index (χ1n) is 27.2. The van der Waals surface area contributed by atoms with Gasteiger partial charge in [0, 0.05) is 70.9 Å². The highest BCUT2D eigenvalue weighted by atomic mass is 35.5. The van der Waals surface area contributed by atoms with Crippen LogP contribution in [0.3, 0.4) is 0 Å². The number of Topliss-reactive ketones (excluding diaryl/α,β-unsaturated/α-hetero) is 2. The molecule has 27 nitrogen and oxygen atoms in total. The molecule has 0 unspecified atom stereocenters. The zero-order chi connectivity index (χ0) is 66.3. The molecular formula is C60H59ClN11O16S4+. The first-order chi connectivity index (χ1) is 44.3. The van der Waals surface area contributed by atoms with Crippen LogP contribution in [0.4, 0.5) is 16.0 Å². The van der Waals surface area contributed by atoms with Crippen molar-refractivity contribution in [3.05, 3.63) is 169 Å². The van der Waals surface area contributed by atoms with E-state index in [2.05, 4.69) is 25.3 Å². The number of nitro groups is 1. The summed E-state index contributed by atoms with van der Waals surface area (Å²) in [6, 6.07) is 16.0. The minimum atomic E-state index is -1.32. The third-order valence-electron chi connectivity index (χ3n) is 14.2. The number of anilines is 2. The van der Waals surface area contributed by atoms with E-state index in [1.54, 1.807) is 69.8 Å². The number of fused-ring (bicyclic) bond motifs is 2. The number of thioether (sulfide) groups is 2. The molecule has 0 saturated carbocycles. The monoisotopic (exact) mass is 1350 g/mol. The van der Waals surface area contributed by atoms with Crippen molar-refractivity contribution in [1.82, 2.24) is 24.8 Å². The normalized spacial score (nSPS) is 17.7. The number of thiazole rings is 2. The molecular weight excluding hydrogens is 1290 g/mol. The number of oxime groups is 2. The second-order valence-corrected chi connectivity index (χ2v) is 24.0. The lowest BCUT2D eigenvalue weighted by molar-refractivity contribution is -0.688. The number of hydrogen-bond acceptors (Lipinski definition) is 25. The highest BCUT2D eigenvalue weighted by Gasteiger charge is 2.55. The molecule has 32 heteroatoms. The maximum Gasteiger partial charge on any atom is 0.352 e. The van der Waals surface area contributed by atoms with Crippen molar-refractivity contribution in [3.8, 4) is 23.0 Å². The van der Waals surface area contributed by atoms with Gasteiger partial charge in [-0.1, -0.05) is 58.9 Å². The standard InChI is InChI=1S/C30H29N5O7S2.C23H20ClN5O7S2.C7H9NO2/c1-40-23-10-11-34(14-24(23)41-2)13-18-6-4-17(5-7-18)8-9-19-15-43-28-20(27(37)35(28)26(19)29(38)39)12-22(36)25(33-42-3)21-16-44-30(31)32-21;1-36-27-18(15-10-38-23(25)26-15)17(30)7-14-20(31)28-19(22(32)33)13(9-37-21(14)28)5-4-12-3-2-11(8-24)6-16(12)29(34)35;1-9-6-3-4-8-5-7(6)10-2/h4-11,14,16,20,28H,12-13,15H2,1-3H3,(H2-,31,32,38,39);2-6,10,14,21H,7-9H2,1H3,(H2,25,26)(H,32,33);3-5H,1-2H3/p+1/b9-8?,33-25-;5-4?,27-18-;/t20-,28-;14-,21-;/m11./s1. The predicted molar refractivity (Wildman–Crippen MR) is 345 cm³/mol. The number of β-lactam (4-membered cyclic amide) rings is 2. The van der Waals surface area contributed by atoms with Crippen LogP contribution in [0.1, 0.15) is 46.5 Å². The number of ether oxygens (including phenoxy) is 4. The number of aliphatic carboxylic acids is 2. The van der Waals surface area contributed by atoms with Gasteiger partial charge in [-0.15, -0.1) is 57.8 Å². The van der Waals surface area contributed by atoms with Crippen LogP contribution >= 0.6 is 57.8 Å². The number of alkyl halides is 1. The smallest absolute Gasteiger partial charge is 0.352 e. The van der Waals surface area contributed by atoms with Crippen LogP contribution in [0.15, 0.2) is 135 Å². The number of methoxy groups -OCH3 is 4. The van der Waals surface area contributed by atoms with E-state index in [0.29, 0.717) is 52.0 Å². The molecule has 6 N–H and O–H groups in total. The Hall–Kier alpha value is -9.69. The molecule has 4 atom stereocenters. The summed E-state index contributed by atoms with van der Waals surface area (Å²) in [5, 5.41) is 41.5. The number of pyridine rings is 2. The number of allylic oxidation sites excluding steroid dienone is 2. The Labute approximate surface area is 546 Å². The molecule has 0 spiro atoms. The van der Waals surface area contributed by atoms with Crippen molar-refractivity contribution in [2.45, 2.75) is 36.0 Å². The van der Waals surface area contributed by atoms with Gasteiger partial charge in [-0.25, -0.2) is 19.6 Å². The van der Waals surface area contributed by atoms with E-state index in [0.717, 1.165) is 38.7 Å². The largest absolute Gasteiger partial charge is 0.493 e. The van der Waals surface area contributed by atoms with Crippen LogP contribution in [0.25, 0.3) is 12.2 Å². The Kier molecular flexibility index (Phi) is 23.3. The summed E-state index contributed by atoms with van der Waals surface area (Å²) < 4.78 is 22.6. The number of carboxylic acids is 2. The fourth-order valence-electron chi connectivity index (χ4n) is 9.78. The van der Waals surface area contributed by atoms with Gasteiger partial charge in [-0.2, -0.15) is 4.57 Å². The van der Waals surface area contributed by atoms with Crippen molar-refractivity contribution in [2.75, 3.05) is 65.6 Å². The van der Waals surface area contributed by atoms with Crippen LogP contribution in [-0.2, 0) is 50.9 Å². The van der Waals surface area contributed by atoms with Crippen LogP contribution in [0, 0.1) is 22.0 Å². The van der Waals surface area contributed by atoms with E-state index >= 15 is 0 Å². The maximum absolute atomic E-state index is 13.2. The summed E-state index contributed by atoms with van der Waals surface area (Å²) in [5.74, 6) is -2.52. The number of aromatic nitrogens is 4. The summed E-state index contributed by atoms with van der Waals surface area (Å²) in [4.78, 5) is 112. The molecule has 0 bridgehead atoms. The van der Waals surface area contributed by atoms with E-state index in [9.17, 15) is 49.1 Å². The topological polar surface area (TPSA) is 367 Å². The molecule has 92 heavy (non-hydrogen) atoms. The highest BCUT2D eigenvalue weighted by molar-refractivity contribution is 8.00. The van der Waals surface area contributed by atoms with Crippen molar-refractivity contribution >= 4 is 133 Å². The van der Waals surface area contributed by atoms with Crippen LogP contribution in [0.2, 0.25) is 0 Å². The van der Waals surface area contributed by atoms with E-state index in [1.165, 1.54) is 66.9 Å². The molecule has 4 aliphatic rings. The van der Waals surface area contributed by atoms with Gasteiger partial charge in [0.25, 0.3) is 5.69 Å². The Morgan fingerprint density at radius 2 is 1.21 bits per heavy atom. The van der Waals surface area contributed by atoms with Crippen LogP contribution in [0.5, 0.6) is 23.0 Å². The fraction of sp³-hybridized carbons (Fsp3) is 0.267. The molecule has 0 radical (unpaired) electrons. The molecule has 0 aliphatic carbocycles. The van der Waals surface area contributed by atoms with E-state index in [1.807, 2.05) is 53.4 Å². The first kappa shape index (κ1) is 68.2. The number of ketones is 2. The average Bonchev–Trinajstić information content (AvgIpc) is 0.816. The number of carboxylic acid groups (broad SMARTS) is 2. The van der Waals surface area contributed by atoms with Gasteiger partial charge in [0.1, 0.15) is 37.0 Å². The van der Waals surface area contributed by atoms with Gasteiger partial charge in [0.05, 0.1) is 67.7 Å². The number of nitrogens with two attached hydrogens (primary N) is 2. The average molecular weight is 1350 g/mol. The Morgan fingerprint density at radius 3 is 1.65 bits per heavy atom. The Balaban J connectivity index is 0.000000207. The quantitative estimate of drug-likeness (QED) is 0.0115. The van der Waals surface area contributed by atoms with Crippen LogP contribution in [-0.4, -0.2) is 152 Å². The number of rotatable bonds is 24. The van der Waals surface area contributed by atoms with Gasteiger partial charge in [0.15, 0.2) is 63.2 Å². The van der Waals surface area contributed by atoms with Gasteiger partial charge >= 0.3 is 11.9 Å². The van der Waals surface area contributed by atoms with Crippen molar-refractivity contribution < 1.29 is 77.1 Å². The molecule has 10 rings (SSSR count). The molecule has 2 saturated heterocycles. The van der Waals surface area contributed by atoms with E-state index < -0.39 is 62.8 Å². The molecule has 2 fully saturated rings. The van der Waals surface area contributed by atoms with Crippen LogP contribution < -0.4 is 35.0 Å². The number of amides is 2. The van der Waals surface area contributed by atoms with Crippen molar-refractivity contribution in [1.29, 1.82) is 0 Å². The Bertz CT molecular complexity index is 3980. The highest BCUT2D eigenvalue weighted by Crippen LogP contribution is 2.47. The summed E-state index contributed by atoms with van der Waals surface area (Å²) in [6.07, 6.45) is 13.1. The predicted octanol–water partition coefficient (Wildman–Crippen LogP) is 7.34. The minimum absolute atomic E-state index is 0.0292. The number of hydrogen-bond donors (Lipinski definition) is 4. The number of nitro benzene ring substituents is 1. The number of benzene rings is 2. The van der Waals surface area contributed by atoms with Gasteiger partial charge in [-0.05, 0) is 34.4 Å². The summed E-state index contributed by atoms with van der Waals surface area (Å²) in [7, 11) is 8.94. The van der Waals surface area contributed by atoms with Crippen molar-refractivity contribution in [3.63, 3.8) is 0 Å². The number of nitrogens with zero attached hydrogens (tertiary/aromatic N) is 9. The number of halogens is 1.